The number of aryl methyl sites for hydroxylation is 1. The van der Waals surface area contributed by atoms with Gasteiger partial charge in [-0.05, 0) is 49.4 Å². The third-order valence-corrected chi connectivity index (χ3v) is 5.13. The monoisotopic (exact) mass is 396 g/mol. The van der Waals surface area contributed by atoms with Gasteiger partial charge < -0.3 is 14.4 Å². The molecule has 5 rings (SSSR count). The topological polar surface area (TPSA) is 72.5 Å². The third kappa shape index (κ3) is 3.03. The van der Waals surface area contributed by atoms with Crippen molar-refractivity contribution >= 4 is 45.0 Å². The van der Waals surface area contributed by atoms with E-state index in [1.54, 1.807) is 18.3 Å². The minimum Gasteiger partial charge on any atom is -0.507 e. The molecule has 0 radical (unpaired) electrons. The minimum absolute atomic E-state index is 0.133. The molecule has 6 heteroatoms. The van der Waals surface area contributed by atoms with Gasteiger partial charge >= 0.3 is 0 Å². The molecule has 0 aliphatic carbocycles. The van der Waals surface area contributed by atoms with Crippen LogP contribution in [0.15, 0.2) is 65.7 Å². The zero-order valence-corrected chi connectivity index (χ0v) is 16.7. The summed E-state index contributed by atoms with van der Waals surface area (Å²) in [7, 11) is 2.00. The fourth-order valence-corrected chi connectivity index (χ4v) is 3.64. The van der Waals surface area contributed by atoms with E-state index in [0.717, 1.165) is 38.8 Å². The van der Waals surface area contributed by atoms with Gasteiger partial charge in [-0.2, -0.15) is 0 Å². The van der Waals surface area contributed by atoms with Crippen LogP contribution in [0, 0.1) is 0 Å². The lowest BCUT2D eigenvalue weighted by molar-refractivity contribution is 0.337. The summed E-state index contributed by atoms with van der Waals surface area (Å²) < 4.78 is 7.46. The van der Waals surface area contributed by atoms with E-state index in [1.165, 1.54) is 0 Å². The van der Waals surface area contributed by atoms with Gasteiger partial charge in [-0.3, -0.25) is 4.99 Å². The van der Waals surface area contributed by atoms with Gasteiger partial charge in [0.25, 0.3) is 0 Å². The summed E-state index contributed by atoms with van der Waals surface area (Å²) in [6.45, 7) is 2.46. The van der Waals surface area contributed by atoms with Crippen LogP contribution >= 0.6 is 0 Å². The second kappa shape index (κ2) is 7.15. The molecule has 1 N–H and O–H groups in total. The highest BCUT2D eigenvalue weighted by Gasteiger charge is 2.12. The van der Waals surface area contributed by atoms with Crippen LogP contribution in [0.3, 0.4) is 0 Å². The van der Waals surface area contributed by atoms with E-state index in [0.29, 0.717) is 17.9 Å². The highest BCUT2D eigenvalue weighted by Crippen LogP contribution is 2.30. The van der Waals surface area contributed by atoms with Crippen molar-refractivity contribution in [3.05, 3.63) is 66.2 Å². The second-order valence-electron chi connectivity index (χ2n) is 7.06. The van der Waals surface area contributed by atoms with E-state index in [-0.39, 0.29) is 5.75 Å². The smallest absolute Gasteiger partial charge is 0.160 e. The molecular weight excluding hydrogens is 376 g/mol. The maximum Gasteiger partial charge on any atom is 0.160 e. The molecule has 3 aromatic carbocycles. The van der Waals surface area contributed by atoms with E-state index in [4.69, 9.17) is 14.7 Å². The molecule has 2 aromatic heterocycles. The van der Waals surface area contributed by atoms with Gasteiger partial charge in [-0.15, -0.1) is 0 Å². The summed E-state index contributed by atoms with van der Waals surface area (Å²) in [6.07, 6.45) is 1.65. The quantitative estimate of drug-likeness (QED) is 0.428. The number of aromatic nitrogens is 3. The van der Waals surface area contributed by atoms with Crippen LogP contribution in [-0.2, 0) is 7.05 Å². The molecule has 30 heavy (non-hydrogen) atoms. The van der Waals surface area contributed by atoms with E-state index in [1.807, 2.05) is 62.5 Å². The Hall–Kier alpha value is -3.93. The van der Waals surface area contributed by atoms with Crippen molar-refractivity contribution in [2.24, 2.45) is 12.0 Å². The number of benzene rings is 3. The number of aromatic hydroxyl groups is 1. The largest absolute Gasteiger partial charge is 0.507 e. The molecule has 0 amide bonds. The van der Waals surface area contributed by atoms with Gasteiger partial charge in [-0.1, -0.05) is 12.1 Å². The maximum atomic E-state index is 10.2. The van der Waals surface area contributed by atoms with E-state index in [2.05, 4.69) is 9.56 Å². The number of nitrogens with zero attached hydrogens (tertiary/aromatic N) is 4. The first kappa shape index (κ1) is 18.1. The molecule has 0 atom stereocenters. The summed E-state index contributed by atoms with van der Waals surface area (Å²) in [5, 5.41) is 11.2. The zero-order chi connectivity index (χ0) is 20.7. The Morgan fingerprint density at radius 3 is 2.60 bits per heavy atom. The number of ether oxygens (including phenoxy) is 1. The predicted octanol–water partition coefficient (Wildman–Crippen LogP) is 5.13. The number of hydrogen-bond acceptors (Lipinski definition) is 5. The number of rotatable bonds is 4. The van der Waals surface area contributed by atoms with Crippen molar-refractivity contribution in [3.8, 4) is 11.5 Å². The van der Waals surface area contributed by atoms with Gasteiger partial charge in [0.1, 0.15) is 17.0 Å². The van der Waals surface area contributed by atoms with Crippen LogP contribution in [0.4, 0.5) is 5.69 Å². The number of hydrogen-bond donors (Lipinski definition) is 1. The van der Waals surface area contributed by atoms with Gasteiger partial charge in [0, 0.05) is 30.3 Å². The van der Waals surface area contributed by atoms with Crippen LogP contribution in [0.1, 0.15) is 12.5 Å². The van der Waals surface area contributed by atoms with Crippen molar-refractivity contribution in [1.82, 2.24) is 14.5 Å². The molecule has 5 aromatic rings. The van der Waals surface area contributed by atoms with E-state index >= 15 is 0 Å². The predicted molar refractivity (Wildman–Crippen MR) is 120 cm³/mol. The number of phenols is 1. The SMILES string of the molecule is CCOc1ccc(C=Nc2ccc3c(c2)c2nc4ccccc4nc2n3C)c(O)c1. The summed E-state index contributed by atoms with van der Waals surface area (Å²) in [6, 6.07) is 19.0. The molecule has 0 aliphatic rings. The molecule has 0 saturated carbocycles. The third-order valence-electron chi connectivity index (χ3n) is 5.13. The van der Waals surface area contributed by atoms with Crippen molar-refractivity contribution in [3.63, 3.8) is 0 Å². The molecule has 0 saturated heterocycles. The minimum atomic E-state index is 0.133. The Kier molecular flexibility index (Phi) is 4.32. The fraction of sp³-hybridized carbons (Fsp3) is 0.125. The zero-order valence-electron chi connectivity index (χ0n) is 16.7. The molecule has 2 heterocycles. The molecule has 0 spiro atoms. The van der Waals surface area contributed by atoms with Gasteiger partial charge in [0.05, 0.1) is 28.8 Å². The van der Waals surface area contributed by atoms with Crippen molar-refractivity contribution in [2.45, 2.75) is 6.92 Å². The number of aliphatic imine (C=N–C) groups is 1. The fourth-order valence-electron chi connectivity index (χ4n) is 3.64. The average molecular weight is 396 g/mol. The molecule has 148 valence electrons. The first-order valence-corrected chi connectivity index (χ1v) is 9.79. The molecule has 0 unspecified atom stereocenters. The molecule has 0 aliphatic heterocycles. The Morgan fingerprint density at radius 2 is 1.83 bits per heavy atom. The number of para-hydroxylation sites is 2. The molecule has 0 bridgehead atoms. The van der Waals surface area contributed by atoms with Gasteiger partial charge in [-0.25, -0.2) is 9.97 Å². The first-order chi connectivity index (χ1) is 14.6. The average Bonchev–Trinajstić information content (AvgIpc) is 3.03. The van der Waals surface area contributed by atoms with Crippen LogP contribution in [-0.4, -0.2) is 32.5 Å². The highest BCUT2D eigenvalue weighted by molar-refractivity contribution is 6.07. The summed E-state index contributed by atoms with van der Waals surface area (Å²) in [5.41, 5.74) is 5.88. The Morgan fingerprint density at radius 1 is 1.03 bits per heavy atom. The van der Waals surface area contributed by atoms with Crippen molar-refractivity contribution in [2.75, 3.05) is 6.61 Å². The van der Waals surface area contributed by atoms with Gasteiger partial charge in [0.2, 0.25) is 0 Å². The highest BCUT2D eigenvalue weighted by atomic mass is 16.5. The van der Waals surface area contributed by atoms with E-state index < -0.39 is 0 Å². The lowest BCUT2D eigenvalue weighted by atomic mass is 10.2. The Bertz CT molecular complexity index is 1440. The van der Waals surface area contributed by atoms with Crippen molar-refractivity contribution < 1.29 is 9.84 Å². The van der Waals surface area contributed by atoms with Gasteiger partial charge in [0.15, 0.2) is 5.65 Å². The van der Waals surface area contributed by atoms with Crippen LogP contribution in [0.25, 0.3) is 33.1 Å². The summed E-state index contributed by atoms with van der Waals surface area (Å²) in [4.78, 5) is 14.2. The first-order valence-electron chi connectivity index (χ1n) is 9.79. The van der Waals surface area contributed by atoms with E-state index in [9.17, 15) is 5.11 Å². The lowest BCUT2D eigenvalue weighted by Crippen LogP contribution is -1.92. The number of fused-ring (bicyclic) bond motifs is 4. The Labute approximate surface area is 173 Å². The number of phenolic OH excluding ortho intramolecular Hbond substituents is 1. The van der Waals surface area contributed by atoms with Crippen molar-refractivity contribution in [1.29, 1.82) is 0 Å². The maximum absolute atomic E-state index is 10.2. The Balaban J connectivity index is 1.58. The molecule has 0 fully saturated rings. The molecule has 6 nitrogen and oxygen atoms in total. The second-order valence-corrected chi connectivity index (χ2v) is 7.06. The molecular formula is C24H20N4O2. The lowest BCUT2D eigenvalue weighted by Gasteiger charge is -2.05. The standard InChI is InChI=1S/C24H20N4O2/c1-3-30-17-10-8-15(22(29)13-17)14-25-16-9-11-21-18(12-16)23-24(28(21)2)27-20-7-5-4-6-19(20)26-23/h4-14,29H,3H2,1-2H3. The normalized spacial score (nSPS) is 11.8. The summed E-state index contributed by atoms with van der Waals surface area (Å²) in [5.74, 6) is 0.767. The van der Waals surface area contributed by atoms with Crippen LogP contribution < -0.4 is 4.74 Å². The summed E-state index contributed by atoms with van der Waals surface area (Å²) >= 11 is 0. The van der Waals surface area contributed by atoms with Crippen LogP contribution in [0.5, 0.6) is 11.5 Å². The van der Waals surface area contributed by atoms with Crippen LogP contribution in [0.2, 0.25) is 0 Å².